The quantitative estimate of drug-likeness (QED) is 0.748. The van der Waals surface area contributed by atoms with Gasteiger partial charge in [0.2, 0.25) is 0 Å². The molecule has 140 valence electrons. The van der Waals surface area contributed by atoms with E-state index in [0.29, 0.717) is 23.3 Å². The number of hydrogen-bond donors (Lipinski definition) is 1. The lowest BCUT2D eigenvalue weighted by atomic mass is 10.0. The first-order valence-corrected chi connectivity index (χ1v) is 9.24. The lowest BCUT2D eigenvalue weighted by Crippen LogP contribution is -2.41. The topological polar surface area (TPSA) is 50.3 Å². The molecule has 0 bridgehead atoms. The number of fused-ring (bicyclic) bond motifs is 1. The van der Waals surface area contributed by atoms with E-state index in [-0.39, 0.29) is 11.9 Å². The molecule has 1 aliphatic heterocycles. The summed E-state index contributed by atoms with van der Waals surface area (Å²) in [5.74, 6) is 0.325. The van der Waals surface area contributed by atoms with Crippen molar-refractivity contribution in [2.45, 2.75) is 13.0 Å². The SMILES string of the molecule is Cc1ccc(C(CNc2ncnc3c(F)cccc23)N2CCOCC2)cc1. The van der Waals surface area contributed by atoms with Crippen molar-refractivity contribution in [1.29, 1.82) is 0 Å². The molecule has 1 aromatic heterocycles. The number of benzene rings is 2. The molecule has 6 heteroatoms. The Morgan fingerprint density at radius 1 is 1.11 bits per heavy atom. The highest BCUT2D eigenvalue weighted by Gasteiger charge is 2.23. The summed E-state index contributed by atoms with van der Waals surface area (Å²) in [7, 11) is 0. The van der Waals surface area contributed by atoms with Gasteiger partial charge >= 0.3 is 0 Å². The van der Waals surface area contributed by atoms with Crippen molar-refractivity contribution in [3.05, 3.63) is 65.7 Å². The summed E-state index contributed by atoms with van der Waals surface area (Å²) in [6, 6.07) is 13.8. The molecule has 0 amide bonds. The number of halogens is 1. The van der Waals surface area contributed by atoms with Gasteiger partial charge in [-0.15, -0.1) is 0 Å². The fourth-order valence-corrected chi connectivity index (χ4v) is 3.52. The minimum Gasteiger partial charge on any atom is -0.379 e. The molecular formula is C21H23FN4O. The maximum Gasteiger partial charge on any atom is 0.149 e. The van der Waals surface area contributed by atoms with Crippen molar-refractivity contribution < 1.29 is 9.13 Å². The van der Waals surface area contributed by atoms with E-state index in [4.69, 9.17) is 4.74 Å². The Hall–Kier alpha value is -2.57. The lowest BCUT2D eigenvalue weighted by molar-refractivity contribution is 0.0187. The Bertz CT molecular complexity index is 910. The Morgan fingerprint density at radius 3 is 2.67 bits per heavy atom. The summed E-state index contributed by atoms with van der Waals surface area (Å²) in [6.07, 6.45) is 1.41. The van der Waals surface area contributed by atoms with Crippen LogP contribution in [-0.4, -0.2) is 47.7 Å². The molecule has 1 aliphatic rings. The lowest BCUT2D eigenvalue weighted by Gasteiger charge is -2.35. The van der Waals surface area contributed by atoms with E-state index >= 15 is 0 Å². The summed E-state index contributed by atoms with van der Waals surface area (Å²) in [4.78, 5) is 10.8. The first-order valence-electron chi connectivity index (χ1n) is 9.24. The molecule has 1 fully saturated rings. The summed E-state index contributed by atoms with van der Waals surface area (Å²) >= 11 is 0. The van der Waals surface area contributed by atoms with E-state index in [2.05, 4.69) is 51.4 Å². The Balaban J connectivity index is 1.60. The van der Waals surface area contributed by atoms with Crippen LogP contribution < -0.4 is 5.32 Å². The Kier molecular flexibility index (Phi) is 5.27. The molecule has 5 nitrogen and oxygen atoms in total. The standard InChI is InChI=1S/C21H23FN4O/c1-15-5-7-16(8-6-15)19(26-9-11-27-12-10-26)13-23-21-17-3-2-4-18(22)20(17)24-14-25-21/h2-8,14,19H,9-13H2,1H3,(H,23,24,25). The van der Waals surface area contributed by atoms with Crippen LogP contribution in [0.1, 0.15) is 17.2 Å². The minimum absolute atomic E-state index is 0.188. The third kappa shape index (κ3) is 3.91. The van der Waals surface area contributed by atoms with Crippen molar-refractivity contribution in [2.24, 2.45) is 0 Å². The van der Waals surface area contributed by atoms with Crippen LogP contribution in [0.15, 0.2) is 48.8 Å². The second-order valence-corrected chi connectivity index (χ2v) is 6.81. The highest BCUT2D eigenvalue weighted by molar-refractivity contribution is 5.89. The third-order valence-corrected chi connectivity index (χ3v) is 5.03. The molecule has 2 aromatic carbocycles. The maximum atomic E-state index is 14.0. The maximum absolute atomic E-state index is 14.0. The normalized spacial score (nSPS) is 16.4. The first-order chi connectivity index (χ1) is 13.2. The van der Waals surface area contributed by atoms with Crippen molar-refractivity contribution >= 4 is 16.7 Å². The van der Waals surface area contributed by atoms with Gasteiger partial charge in [-0.3, -0.25) is 4.90 Å². The predicted molar refractivity (Wildman–Crippen MR) is 104 cm³/mol. The summed E-state index contributed by atoms with van der Waals surface area (Å²) in [5, 5.41) is 4.12. The molecule has 0 saturated carbocycles. The molecule has 0 spiro atoms. The highest BCUT2D eigenvalue weighted by Crippen LogP contribution is 2.25. The van der Waals surface area contributed by atoms with Gasteiger partial charge < -0.3 is 10.1 Å². The monoisotopic (exact) mass is 366 g/mol. The van der Waals surface area contributed by atoms with Crippen LogP contribution in [0.3, 0.4) is 0 Å². The van der Waals surface area contributed by atoms with Crippen LogP contribution in [0.2, 0.25) is 0 Å². The minimum atomic E-state index is -0.332. The van der Waals surface area contributed by atoms with Gasteiger partial charge in [0.15, 0.2) is 0 Å². The molecule has 0 aliphatic carbocycles. The van der Waals surface area contributed by atoms with Crippen LogP contribution >= 0.6 is 0 Å². The van der Waals surface area contributed by atoms with Gasteiger partial charge in [-0.25, -0.2) is 14.4 Å². The zero-order valence-electron chi connectivity index (χ0n) is 15.4. The number of para-hydroxylation sites is 1. The molecule has 2 heterocycles. The number of hydrogen-bond acceptors (Lipinski definition) is 5. The van der Waals surface area contributed by atoms with Crippen molar-refractivity contribution in [2.75, 3.05) is 38.2 Å². The molecule has 3 aromatic rings. The smallest absolute Gasteiger partial charge is 0.149 e. The molecule has 27 heavy (non-hydrogen) atoms. The fraction of sp³-hybridized carbons (Fsp3) is 0.333. The van der Waals surface area contributed by atoms with Crippen molar-refractivity contribution in [3.63, 3.8) is 0 Å². The number of anilines is 1. The number of ether oxygens (including phenoxy) is 1. The van der Waals surface area contributed by atoms with E-state index in [9.17, 15) is 4.39 Å². The van der Waals surface area contributed by atoms with Crippen molar-refractivity contribution in [3.8, 4) is 0 Å². The molecular weight excluding hydrogens is 343 g/mol. The first kappa shape index (κ1) is 17.8. The fourth-order valence-electron chi connectivity index (χ4n) is 3.52. The van der Waals surface area contributed by atoms with Gasteiger partial charge in [-0.1, -0.05) is 35.9 Å². The van der Waals surface area contributed by atoms with Crippen LogP contribution in [0.5, 0.6) is 0 Å². The van der Waals surface area contributed by atoms with Gasteiger partial charge in [0.25, 0.3) is 0 Å². The summed E-state index contributed by atoms with van der Waals surface area (Å²) in [5.41, 5.74) is 2.83. The van der Waals surface area contributed by atoms with E-state index in [1.807, 2.05) is 6.07 Å². The van der Waals surface area contributed by atoms with E-state index in [0.717, 1.165) is 26.3 Å². The zero-order chi connectivity index (χ0) is 18.6. The Labute approximate surface area is 158 Å². The largest absolute Gasteiger partial charge is 0.379 e. The van der Waals surface area contributed by atoms with Crippen molar-refractivity contribution in [1.82, 2.24) is 14.9 Å². The molecule has 1 unspecified atom stereocenters. The van der Waals surface area contributed by atoms with Gasteiger partial charge in [-0.05, 0) is 24.6 Å². The van der Waals surface area contributed by atoms with Crippen LogP contribution in [0.4, 0.5) is 10.2 Å². The van der Waals surface area contributed by atoms with E-state index in [1.165, 1.54) is 23.5 Å². The number of aryl methyl sites for hydroxylation is 1. The second-order valence-electron chi connectivity index (χ2n) is 6.81. The van der Waals surface area contributed by atoms with Gasteiger partial charge in [0, 0.05) is 25.0 Å². The van der Waals surface area contributed by atoms with Gasteiger partial charge in [-0.2, -0.15) is 0 Å². The molecule has 1 saturated heterocycles. The number of nitrogens with zero attached hydrogens (tertiary/aromatic N) is 3. The predicted octanol–water partition coefficient (Wildman–Crippen LogP) is 3.56. The van der Waals surface area contributed by atoms with Crippen LogP contribution in [0.25, 0.3) is 10.9 Å². The number of aromatic nitrogens is 2. The average molecular weight is 366 g/mol. The Morgan fingerprint density at radius 2 is 1.89 bits per heavy atom. The van der Waals surface area contributed by atoms with Gasteiger partial charge in [0.05, 0.1) is 19.3 Å². The molecule has 1 atom stereocenters. The van der Waals surface area contributed by atoms with E-state index < -0.39 is 0 Å². The zero-order valence-corrected chi connectivity index (χ0v) is 15.4. The highest BCUT2D eigenvalue weighted by atomic mass is 19.1. The number of morpholine rings is 1. The molecule has 4 rings (SSSR count). The molecule has 0 radical (unpaired) electrons. The number of rotatable bonds is 5. The second kappa shape index (κ2) is 7.98. The van der Waals surface area contributed by atoms with Gasteiger partial charge in [0.1, 0.15) is 23.5 Å². The average Bonchev–Trinajstić information content (AvgIpc) is 2.71. The van der Waals surface area contributed by atoms with Crippen LogP contribution in [-0.2, 0) is 4.74 Å². The summed E-state index contributed by atoms with van der Waals surface area (Å²) < 4.78 is 19.5. The third-order valence-electron chi connectivity index (χ3n) is 5.03. The van der Waals surface area contributed by atoms with Crippen LogP contribution in [0, 0.1) is 12.7 Å². The number of nitrogens with one attached hydrogen (secondary N) is 1. The molecule has 1 N–H and O–H groups in total. The summed E-state index contributed by atoms with van der Waals surface area (Å²) in [6.45, 7) is 6.02. The van der Waals surface area contributed by atoms with E-state index in [1.54, 1.807) is 6.07 Å².